The smallest absolute Gasteiger partial charge is 0.283 e. The van der Waals surface area contributed by atoms with Crippen molar-refractivity contribution in [3.63, 3.8) is 0 Å². The molecule has 6 heteroatoms. The Morgan fingerprint density at radius 1 is 1.00 bits per heavy atom. The molecule has 0 saturated heterocycles. The van der Waals surface area contributed by atoms with Gasteiger partial charge in [0.2, 0.25) is 0 Å². The molecule has 2 aliphatic rings. The number of ether oxygens (including phenoxy) is 3. The van der Waals surface area contributed by atoms with Crippen LogP contribution in [-0.2, 0) is 10.3 Å². The molecule has 2 heterocycles. The van der Waals surface area contributed by atoms with Gasteiger partial charge < -0.3 is 19.9 Å². The van der Waals surface area contributed by atoms with Gasteiger partial charge in [-0.2, -0.15) is 5.26 Å². The molecule has 6 nitrogen and oxygen atoms in total. The number of nitriles is 1. The second-order valence-corrected chi connectivity index (χ2v) is 9.61. The third kappa shape index (κ3) is 3.76. The Bertz CT molecular complexity index is 1300. The summed E-state index contributed by atoms with van der Waals surface area (Å²) in [7, 11) is 0. The molecule has 33 heavy (non-hydrogen) atoms. The first-order valence-corrected chi connectivity index (χ1v) is 10.9. The maximum atomic E-state index is 9.10. The standard InChI is InChI=1S/C27H25N3O3/c1-26(2,3)15-31-20-9-11-24-22(13-20)27(16-32-25(29)30-27)21-12-19(8-10-23(21)33-24)18-6-4-17(14-28)5-7-18/h4-13H,15-16H2,1-3H3,(H2,29,30)/t27-/m1/s1. The van der Waals surface area contributed by atoms with Crippen LogP contribution in [-0.4, -0.2) is 19.2 Å². The lowest BCUT2D eigenvalue weighted by Gasteiger charge is -2.34. The molecule has 1 atom stereocenters. The normalized spacial score (nSPS) is 18.4. The van der Waals surface area contributed by atoms with Crippen molar-refractivity contribution in [3.8, 4) is 34.4 Å². The van der Waals surface area contributed by atoms with Crippen LogP contribution in [0.25, 0.3) is 11.1 Å². The number of nitrogens with two attached hydrogens (primary N) is 1. The second kappa shape index (κ2) is 7.56. The fourth-order valence-electron chi connectivity index (χ4n) is 4.14. The van der Waals surface area contributed by atoms with Crippen LogP contribution >= 0.6 is 0 Å². The zero-order valence-corrected chi connectivity index (χ0v) is 18.9. The van der Waals surface area contributed by atoms with Gasteiger partial charge in [-0.25, -0.2) is 4.99 Å². The molecule has 0 saturated carbocycles. The Kier molecular flexibility index (Phi) is 4.79. The van der Waals surface area contributed by atoms with Gasteiger partial charge in [0.05, 0.1) is 18.2 Å². The number of benzene rings is 3. The van der Waals surface area contributed by atoms with E-state index in [1.165, 1.54) is 0 Å². The van der Waals surface area contributed by atoms with Gasteiger partial charge in [0.15, 0.2) is 5.54 Å². The summed E-state index contributed by atoms with van der Waals surface area (Å²) in [5.74, 6) is 2.17. The number of amidine groups is 1. The lowest BCUT2D eigenvalue weighted by molar-refractivity contribution is 0.197. The minimum Gasteiger partial charge on any atom is -0.493 e. The summed E-state index contributed by atoms with van der Waals surface area (Å²) in [6.07, 6.45) is 0. The summed E-state index contributed by atoms with van der Waals surface area (Å²) in [4.78, 5) is 4.77. The van der Waals surface area contributed by atoms with Crippen molar-refractivity contribution >= 4 is 6.02 Å². The van der Waals surface area contributed by atoms with Crippen molar-refractivity contribution in [1.29, 1.82) is 5.26 Å². The molecule has 166 valence electrons. The Morgan fingerprint density at radius 2 is 1.67 bits per heavy atom. The number of hydrogen-bond donors (Lipinski definition) is 1. The fraction of sp³-hybridized carbons (Fsp3) is 0.259. The van der Waals surface area contributed by atoms with E-state index in [9.17, 15) is 0 Å². The predicted molar refractivity (Wildman–Crippen MR) is 126 cm³/mol. The predicted octanol–water partition coefficient (Wildman–Crippen LogP) is 5.34. The number of aliphatic imine (C=N–C) groups is 1. The van der Waals surface area contributed by atoms with Crippen LogP contribution in [0.4, 0.5) is 0 Å². The summed E-state index contributed by atoms with van der Waals surface area (Å²) < 4.78 is 18.0. The summed E-state index contributed by atoms with van der Waals surface area (Å²) in [6.45, 7) is 7.26. The highest BCUT2D eigenvalue weighted by atomic mass is 16.5. The van der Waals surface area contributed by atoms with Crippen molar-refractivity contribution in [2.24, 2.45) is 16.1 Å². The van der Waals surface area contributed by atoms with Crippen LogP contribution in [0.2, 0.25) is 0 Å². The minimum atomic E-state index is -0.823. The van der Waals surface area contributed by atoms with Crippen molar-refractivity contribution in [1.82, 2.24) is 0 Å². The second-order valence-electron chi connectivity index (χ2n) is 9.61. The van der Waals surface area contributed by atoms with E-state index in [1.54, 1.807) is 0 Å². The van der Waals surface area contributed by atoms with E-state index in [2.05, 4.69) is 32.9 Å². The van der Waals surface area contributed by atoms with E-state index in [1.807, 2.05) is 54.6 Å². The fourth-order valence-corrected chi connectivity index (χ4v) is 4.14. The molecular formula is C27H25N3O3. The summed E-state index contributed by atoms with van der Waals surface area (Å²) >= 11 is 0. The molecule has 1 spiro atoms. The molecule has 0 aromatic heterocycles. The third-order valence-corrected chi connectivity index (χ3v) is 5.79. The largest absolute Gasteiger partial charge is 0.493 e. The van der Waals surface area contributed by atoms with E-state index < -0.39 is 5.54 Å². The Morgan fingerprint density at radius 3 is 2.30 bits per heavy atom. The number of nitrogens with zero attached hydrogens (tertiary/aromatic N) is 2. The van der Waals surface area contributed by atoms with E-state index >= 15 is 0 Å². The Labute approximate surface area is 193 Å². The summed E-state index contributed by atoms with van der Waals surface area (Å²) in [5.41, 5.74) is 9.57. The van der Waals surface area contributed by atoms with Gasteiger partial charge in [0, 0.05) is 11.1 Å². The van der Waals surface area contributed by atoms with Crippen molar-refractivity contribution in [2.45, 2.75) is 26.3 Å². The minimum absolute atomic E-state index is 0.0335. The Balaban J connectivity index is 1.61. The summed E-state index contributed by atoms with van der Waals surface area (Å²) in [5, 5.41) is 9.10. The monoisotopic (exact) mass is 439 g/mol. The maximum absolute atomic E-state index is 9.10. The average Bonchev–Trinajstić information content (AvgIpc) is 3.20. The molecular weight excluding hydrogens is 414 g/mol. The molecule has 0 unspecified atom stereocenters. The molecule has 0 aliphatic carbocycles. The van der Waals surface area contributed by atoms with E-state index in [-0.39, 0.29) is 18.0 Å². The van der Waals surface area contributed by atoms with Crippen molar-refractivity contribution in [2.75, 3.05) is 13.2 Å². The van der Waals surface area contributed by atoms with Gasteiger partial charge in [0.1, 0.15) is 23.9 Å². The van der Waals surface area contributed by atoms with Gasteiger partial charge in [-0.3, -0.25) is 0 Å². The topological polar surface area (TPSA) is 89.9 Å². The van der Waals surface area contributed by atoms with Gasteiger partial charge in [-0.1, -0.05) is 39.0 Å². The molecule has 2 N–H and O–H groups in total. The highest BCUT2D eigenvalue weighted by Gasteiger charge is 2.47. The number of rotatable bonds is 3. The quantitative estimate of drug-likeness (QED) is 0.595. The van der Waals surface area contributed by atoms with Crippen LogP contribution in [0, 0.1) is 16.7 Å². The highest BCUT2D eigenvalue weighted by molar-refractivity contribution is 5.78. The third-order valence-electron chi connectivity index (χ3n) is 5.79. The molecule has 0 amide bonds. The van der Waals surface area contributed by atoms with Crippen LogP contribution in [0.3, 0.4) is 0 Å². The average molecular weight is 440 g/mol. The van der Waals surface area contributed by atoms with Crippen molar-refractivity contribution < 1.29 is 14.2 Å². The molecule has 2 aliphatic heterocycles. The van der Waals surface area contributed by atoms with Gasteiger partial charge in [0.25, 0.3) is 6.02 Å². The lowest BCUT2D eigenvalue weighted by atomic mass is 9.80. The summed E-state index contributed by atoms with van der Waals surface area (Å²) in [6, 6.07) is 21.6. The van der Waals surface area contributed by atoms with Gasteiger partial charge >= 0.3 is 0 Å². The zero-order chi connectivity index (χ0) is 23.2. The SMILES string of the molecule is CC(C)(C)COc1ccc2c(c1)[C@@]1(COC(N)=N1)c1cc(-c3ccc(C#N)cc3)ccc1O2. The molecule has 0 radical (unpaired) electrons. The first-order valence-electron chi connectivity index (χ1n) is 10.9. The first kappa shape index (κ1) is 20.9. The molecule has 3 aromatic carbocycles. The van der Waals surface area contributed by atoms with Crippen LogP contribution < -0.4 is 15.2 Å². The highest BCUT2D eigenvalue weighted by Crippen LogP contribution is 2.52. The first-order chi connectivity index (χ1) is 15.8. The lowest BCUT2D eigenvalue weighted by Crippen LogP contribution is -2.31. The van der Waals surface area contributed by atoms with Gasteiger partial charge in [-0.05, 0) is 59.0 Å². The van der Waals surface area contributed by atoms with E-state index in [0.717, 1.165) is 28.0 Å². The van der Waals surface area contributed by atoms with Crippen LogP contribution in [0.15, 0.2) is 65.7 Å². The molecule has 3 aromatic rings. The molecule has 0 fully saturated rings. The van der Waals surface area contributed by atoms with E-state index in [4.69, 9.17) is 30.2 Å². The zero-order valence-electron chi connectivity index (χ0n) is 18.9. The molecule has 5 rings (SSSR count). The van der Waals surface area contributed by atoms with Crippen LogP contribution in [0.1, 0.15) is 37.5 Å². The van der Waals surface area contributed by atoms with Crippen molar-refractivity contribution in [3.05, 3.63) is 77.4 Å². The maximum Gasteiger partial charge on any atom is 0.283 e. The number of fused-ring (bicyclic) bond motifs is 4. The van der Waals surface area contributed by atoms with Crippen LogP contribution in [0.5, 0.6) is 17.2 Å². The van der Waals surface area contributed by atoms with Gasteiger partial charge in [-0.15, -0.1) is 0 Å². The van der Waals surface area contributed by atoms with E-state index in [0.29, 0.717) is 23.7 Å². The number of hydrogen-bond acceptors (Lipinski definition) is 6. The molecule has 0 bridgehead atoms. The Hall–Kier alpha value is -3.98.